The molecule has 5 nitrogen and oxygen atoms in total. The lowest BCUT2D eigenvalue weighted by Gasteiger charge is -2.72. The summed E-state index contributed by atoms with van der Waals surface area (Å²) in [4.78, 5) is 14.3. The van der Waals surface area contributed by atoms with Crippen LogP contribution in [-0.4, -0.2) is 59.9 Å². The maximum Gasteiger partial charge on any atom is 0.335 e. The number of carboxylic acids is 1. The number of nitrogens with one attached hydrogen (secondary N) is 1. The van der Waals surface area contributed by atoms with E-state index in [9.17, 15) is 9.90 Å². The highest BCUT2D eigenvalue weighted by Crippen LogP contribution is 2.77. The molecule has 5 heteroatoms. The maximum absolute atomic E-state index is 11.6. The Labute approximate surface area is 296 Å². The van der Waals surface area contributed by atoms with Crippen LogP contribution < -0.4 is 5.32 Å². The van der Waals surface area contributed by atoms with Crippen LogP contribution in [0.3, 0.4) is 0 Å². The van der Waals surface area contributed by atoms with E-state index in [-0.39, 0.29) is 27.2 Å². The predicted molar refractivity (Wildman–Crippen MR) is 198 cm³/mol. The van der Waals surface area contributed by atoms with E-state index >= 15 is 0 Å². The van der Waals surface area contributed by atoms with Crippen LogP contribution in [0.2, 0.25) is 0 Å². The first-order valence-electron chi connectivity index (χ1n) is 20.1. The van der Waals surface area contributed by atoms with Gasteiger partial charge in [0.2, 0.25) is 0 Å². The quantitative estimate of drug-likeness (QED) is 0.271. The highest BCUT2D eigenvalue weighted by molar-refractivity contribution is 5.88. The van der Waals surface area contributed by atoms with Crippen molar-refractivity contribution in [1.29, 1.82) is 0 Å². The van der Waals surface area contributed by atoms with Crippen LogP contribution in [0.25, 0.3) is 5.57 Å². The Hall–Kier alpha value is -1.95. The number of nitrogens with zero attached hydrogens (tertiary/aromatic N) is 1. The Morgan fingerprint density at radius 3 is 2.47 bits per heavy atom. The Bertz CT molecular complexity index is 1500. The molecule has 8 rings (SSSR count). The number of fused-ring (bicyclic) bond motifs is 9. The SMILES string of the molecule is C=C[C@@]12CC[C@@]3(NCCN4C[C@@H]5CC4CO5)CC[C@@H](C(C)C)C3[C@H]1CCC1[C@@]3(C)CC=C(c4ccc(C(=O)O)cc4)C(C)(C)C3CC[C@]12C. The molecular weight excluding hydrogens is 604 g/mol. The molecule has 268 valence electrons. The fraction of sp³-hybridized carbons (Fsp3) is 0.750. The Morgan fingerprint density at radius 2 is 1.82 bits per heavy atom. The molecule has 2 saturated heterocycles. The summed E-state index contributed by atoms with van der Waals surface area (Å²) in [5, 5.41) is 13.9. The molecule has 4 saturated carbocycles. The van der Waals surface area contributed by atoms with Gasteiger partial charge in [0, 0.05) is 31.2 Å². The van der Waals surface area contributed by atoms with Crippen LogP contribution in [0.4, 0.5) is 0 Å². The zero-order valence-corrected chi connectivity index (χ0v) is 31.4. The summed E-state index contributed by atoms with van der Waals surface area (Å²) in [6.07, 6.45) is 18.4. The predicted octanol–water partition coefficient (Wildman–Crippen LogP) is 9.10. The summed E-state index contributed by atoms with van der Waals surface area (Å²) in [5.74, 6) is 3.34. The first-order valence-corrected chi connectivity index (χ1v) is 20.1. The van der Waals surface area contributed by atoms with E-state index in [1.54, 1.807) is 12.1 Å². The molecular formula is C44H64N2O3. The second-order valence-corrected chi connectivity index (χ2v) is 19.3. The highest BCUT2D eigenvalue weighted by Gasteiger charge is 2.71. The molecule has 0 amide bonds. The number of carboxylic acid groups (broad SMARTS) is 1. The third kappa shape index (κ3) is 4.83. The van der Waals surface area contributed by atoms with Gasteiger partial charge in [-0.2, -0.15) is 0 Å². The van der Waals surface area contributed by atoms with E-state index in [1.807, 2.05) is 12.1 Å². The van der Waals surface area contributed by atoms with E-state index in [0.29, 0.717) is 41.4 Å². The third-order valence-corrected chi connectivity index (χ3v) is 17.1. The molecule has 7 aliphatic rings. The van der Waals surface area contributed by atoms with Gasteiger partial charge in [-0.3, -0.25) is 4.90 Å². The minimum atomic E-state index is -0.855. The maximum atomic E-state index is 11.6. The molecule has 11 atom stereocenters. The number of aromatic carboxylic acids is 1. The average molecular weight is 669 g/mol. The standard InChI is InChI=1S/C44H64N2O3/c1-8-43-21-22-44(45-23-24-46-26-32-25-31(46)27-49-32)20-15-33(28(2)3)38(44)35(43)13-14-37-41(6)18-16-34(29-9-11-30(12-10-29)39(47)48)40(4,5)36(41)17-19-42(37,43)7/h8-12,16,28,31-33,35-38,45H,1,13-15,17-27H2,2-7H3,(H,47,48)/t31?,32-,33-,35+,36?,37?,38?,41-,42+,43+,44-/m0/s1. The number of carbonyl (C=O) groups is 1. The summed E-state index contributed by atoms with van der Waals surface area (Å²) >= 11 is 0. The van der Waals surface area contributed by atoms with Gasteiger partial charge in [-0.1, -0.05) is 65.8 Å². The van der Waals surface area contributed by atoms with Crippen molar-refractivity contribution in [1.82, 2.24) is 10.2 Å². The first kappa shape index (κ1) is 34.2. The monoisotopic (exact) mass is 668 g/mol. The zero-order valence-electron chi connectivity index (χ0n) is 31.4. The lowest BCUT2D eigenvalue weighted by molar-refractivity contribution is -0.209. The third-order valence-electron chi connectivity index (χ3n) is 17.1. The molecule has 4 unspecified atom stereocenters. The Morgan fingerprint density at radius 1 is 1.04 bits per heavy atom. The fourth-order valence-corrected chi connectivity index (χ4v) is 15.0. The van der Waals surface area contributed by atoms with E-state index in [4.69, 9.17) is 11.3 Å². The summed E-state index contributed by atoms with van der Waals surface area (Å²) < 4.78 is 5.92. The van der Waals surface area contributed by atoms with Crippen molar-refractivity contribution in [3.63, 3.8) is 0 Å². The average Bonchev–Trinajstić information content (AvgIpc) is 3.79. The van der Waals surface area contributed by atoms with Crippen molar-refractivity contribution in [2.24, 2.45) is 57.2 Å². The molecule has 0 aromatic heterocycles. The zero-order chi connectivity index (χ0) is 34.6. The van der Waals surface area contributed by atoms with Gasteiger partial charge in [-0.25, -0.2) is 4.79 Å². The minimum Gasteiger partial charge on any atom is -0.478 e. The molecule has 1 aromatic rings. The molecule has 2 bridgehead atoms. The van der Waals surface area contributed by atoms with Crippen LogP contribution in [0.5, 0.6) is 0 Å². The van der Waals surface area contributed by atoms with Gasteiger partial charge >= 0.3 is 5.97 Å². The number of benzene rings is 1. The molecule has 2 aliphatic heterocycles. The molecule has 0 spiro atoms. The van der Waals surface area contributed by atoms with Gasteiger partial charge in [0.05, 0.1) is 18.3 Å². The summed E-state index contributed by atoms with van der Waals surface area (Å²) in [5.41, 5.74) is 3.94. The molecule has 5 aliphatic carbocycles. The summed E-state index contributed by atoms with van der Waals surface area (Å²) in [7, 11) is 0. The lowest BCUT2D eigenvalue weighted by atomic mass is 9.32. The molecule has 2 N–H and O–H groups in total. The van der Waals surface area contributed by atoms with Gasteiger partial charge in [0.1, 0.15) is 0 Å². The summed E-state index contributed by atoms with van der Waals surface area (Å²) in [6.45, 7) is 24.5. The van der Waals surface area contributed by atoms with Crippen molar-refractivity contribution >= 4 is 11.5 Å². The van der Waals surface area contributed by atoms with Crippen LogP contribution >= 0.6 is 0 Å². The number of allylic oxidation sites excluding steroid dienone is 3. The normalized spacial score (nSPS) is 45.3. The number of likely N-dealkylation sites (tertiary alicyclic amines) is 1. The molecule has 0 radical (unpaired) electrons. The van der Waals surface area contributed by atoms with Gasteiger partial charge in [0.25, 0.3) is 0 Å². The van der Waals surface area contributed by atoms with E-state index in [0.717, 1.165) is 44.5 Å². The van der Waals surface area contributed by atoms with Crippen molar-refractivity contribution in [3.05, 3.63) is 54.1 Å². The van der Waals surface area contributed by atoms with E-state index < -0.39 is 5.97 Å². The van der Waals surface area contributed by atoms with Crippen LogP contribution in [0, 0.1) is 57.2 Å². The number of hydrogen-bond donors (Lipinski definition) is 2. The second-order valence-electron chi connectivity index (χ2n) is 19.3. The Kier molecular flexibility index (Phi) is 8.21. The van der Waals surface area contributed by atoms with Crippen molar-refractivity contribution in [3.8, 4) is 0 Å². The molecule has 1 aromatic carbocycles. The second kappa shape index (κ2) is 11.8. The molecule has 2 heterocycles. The minimum absolute atomic E-state index is 0.0258. The number of morpholine rings is 1. The first-order chi connectivity index (χ1) is 23.3. The largest absolute Gasteiger partial charge is 0.478 e. The number of hydrogen-bond acceptors (Lipinski definition) is 4. The van der Waals surface area contributed by atoms with Gasteiger partial charge in [-0.15, -0.1) is 6.58 Å². The number of rotatable bonds is 8. The fourth-order valence-electron chi connectivity index (χ4n) is 15.0. The van der Waals surface area contributed by atoms with Crippen molar-refractivity contribution < 1.29 is 14.6 Å². The molecule has 49 heavy (non-hydrogen) atoms. The highest BCUT2D eigenvalue weighted by atomic mass is 16.5. The van der Waals surface area contributed by atoms with Gasteiger partial charge in [-0.05, 0) is 145 Å². The van der Waals surface area contributed by atoms with Gasteiger partial charge in [0.15, 0.2) is 0 Å². The van der Waals surface area contributed by atoms with Crippen molar-refractivity contribution in [2.75, 3.05) is 26.2 Å². The van der Waals surface area contributed by atoms with E-state index in [2.05, 4.69) is 63.9 Å². The smallest absolute Gasteiger partial charge is 0.335 e. The van der Waals surface area contributed by atoms with Gasteiger partial charge < -0.3 is 15.2 Å². The topological polar surface area (TPSA) is 61.8 Å². The lowest BCUT2D eigenvalue weighted by Crippen LogP contribution is -2.68. The van der Waals surface area contributed by atoms with Crippen LogP contribution in [0.1, 0.15) is 122 Å². The van der Waals surface area contributed by atoms with Crippen LogP contribution in [-0.2, 0) is 4.74 Å². The molecule has 6 fully saturated rings. The summed E-state index contributed by atoms with van der Waals surface area (Å²) in [6, 6.07) is 8.30. The van der Waals surface area contributed by atoms with Crippen LogP contribution in [0.15, 0.2) is 43.0 Å². The Balaban J connectivity index is 1.08. The number of ether oxygens (including phenoxy) is 1. The van der Waals surface area contributed by atoms with E-state index in [1.165, 1.54) is 68.9 Å². The van der Waals surface area contributed by atoms with Crippen molar-refractivity contribution in [2.45, 2.75) is 123 Å².